The summed E-state index contributed by atoms with van der Waals surface area (Å²) in [4.78, 5) is 24.4. The zero-order valence-corrected chi connectivity index (χ0v) is 10.2. The Morgan fingerprint density at radius 1 is 1.35 bits per heavy atom. The molecule has 0 aromatic rings. The monoisotopic (exact) mass is 243 g/mol. The van der Waals surface area contributed by atoms with Gasteiger partial charge in [0.15, 0.2) is 0 Å². The number of nitrogens with zero attached hydrogens (tertiary/aromatic N) is 1. The van der Waals surface area contributed by atoms with E-state index < -0.39 is 6.03 Å². The normalized spacial score (nSPS) is 15.5. The molecule has 6 nitrogen and oxygen atoms in total. The summed E-state index contributed by atoms with van der Waals surface area (Å²) in [6, 6.07) is 0.0160. The number of hydrogen-bond acceptors (Lipinski definition) is 4. The SMILES string of the molecule is CNC(=O)NC(=O)CCN(CCO)C1CCC1. The number of carbonyl (C=O) groups excluding carboxylic acids is 2. The molecule has 1 aliphatic rings. The van der Waals surface area contributed by atoms with Crippen molar-refractivity contribution in [2.24, 2.45) is 0 Å². The van der Waals surface area contributed by atoms with E-state index in [1.165, 1.54) is 13.5 Å². The van der Waals surface area contributed by atoms with Crippen molar-refractivity contribution in [3.63, 3.8) is 0 Å². The topological polar surface area (TPSA) is 81.7 Å². The molecule has 0 heterocycles. The molecule has 1 rings (SSSR count). The van der Waals surface area contributed by atoms with Crippen LogP contribution in [0.5, 0.6) is 0 Å². The number of aliphatic hydroxyl groups excluding tert-OH is 1. The van der Waals surface area contributed by atoms with E-state index in [0.717, 1.165) is 12.8 Å². The maximum Gasteiger partial charge on any atom is 0.321 e. The van der Waals surface area contributed by atoms with Crippen molar-refractivity contribution < 1.29 is 14.7 Å². The van der Waals surface area contributed by atoms with Gasteiger partial charge in [-0.1, -0.05) is 6.42 Å². The van der Waals surface area contributed by atoms with Crippen LogP contribution in [-0.2, 0) is 4.79 Å². The van der Waals surface area contributed by atoms with Gasteiger partial charge in [-0.15, -0.1) is 0 Å². The fourth-order valence-corrected chi connectivity index (χ4v) is 1.85. The molecule has 0 atom stereocenters. The minimum atomic E-state index is -0.479. The summed E-state index contributed by atoms with van der Waals surface area (Å²) >= 11 is 0. The van der Waals surface area contributed by atoms with Crippen LogP contribution in [0.15, 0.2) is 0 Å². The van der Waals surface area contributed by atoms with Crippen LogP contribution in [0.25, 0.3) is 0 Å². The Bertz CT molecular complexity index is 267. The number of hydrogen-bond donors (Lipinski definition) is 3. The quantitative estimate of drug-likeness (QED) is 0.597. The molecular weight excluding hydrogens is 222 g/mol. The first-order valence-electron chi connectivity index (χ1n) is 6.04. The van der Waals surface area contributed by atoms with Gasteiger partial charge in [0, 0.05) is 32.6 Å². The number of rotatable bonds is 6. The van der Waals surface area contributed by atoms with Gasteiger partial charge in [0.1, 0.15) is 0 Å². The predicted molar refractivity (Wildman–Crippen MR) is 63.5 cm³/mol. The van der Waals surface area contributed by atoms with Crippen LogP contribution in [0.4, 0.5) is 4.79 Å². The van der Waals surface area contributed by atoms with Gasteiger partial charge in [0.2, 0.25) is 5.91 Å². The molecule has 0 unspecified atom stereocenters. The Morgan fingerprint density at radius 2 is 2.06 bits per heavy atom. The van der Waals surface area contributed by atoms with Crippen molar-refractivity contribution >= 4 is 11.9 Å². The predicted octanol–water partition coefficient (Wildman–Crippen LogP) is -0.321. The van der Waals surface area contributed by atoms with Gasteiger partial charge in [-0.3, -0.25) is 15.0 Å². The number of urea groups is 1. The van der Waals surface area contributed by atoms with Gasteiger partial charge in [0.05, 0.1) is 6.61 Å². The van der Waals surface area contributed by atoms with Gasteiger partial charge in [-0.25, -0.2) is 4.79 Å². The molecule has 98 valence electrons. The third-order valence-electron chi connectivity index (χ3n) is 3.08. The summed E-state index contributed by atoms with van der Waals surface area (Å²) in [5, 5.41) is 13.5. The molecule has 1 saturated carbocycles. The number of nitrogens with one attached hydrogen (secondary N) is 2. The number of amides is 3. The van der Waals surface area contributed by atoms with E-state index in [2.05, 4.69) is 15.5 Å². The molecule has 6 heteroatoms. The Kier molecular flexibility index (Phi) is 5.93. The molecule has 0 spiro atoms. The third kappa shape index (κ3) is 4.70. The fourth-order valence-electron chi connectivity index (χ4n) is 1.85. The van der Waals surface area contributed by atoms with E-state index in [4.69, 9.17) is 5.11 Å². The molecule has 0 radical (unpaired) electrons. The summed E-state index contributed by atoms with van der Waals surface area (Å²) in [7, 11) is 1.47. The lowest BCUT2D eigenvalue weighted by Crippen LogP contribution is -2.44. The molecular formula is C11H21N3O3. The second-order valence-corrected chi connectivity index (χ2v) is 4.22. The van der Waals surface area contributed by atoms with Crippen LogP contribution in [-0.4, -0.2) is 54.7 Å². The summed E-state index contributed by atoms with van der Waals surface area (Å²) < 4.78 is 0. The molecule has 3 amide bonds. The highest BCUT2D eigenvalue weighted by Crippen LogP contribution is 2.24. The van der Waals surface area contributed by atoms with Crippen molar-refractivity contribution in [1.82, 2.24) is 15.5 Å². The van der Waals surface area contributed by atoms with Crippen LogP contribution >= 0.6 is 0 Å². The number of carbonyl (C=O) groups is 2. The van der Waals surface area contributed by atoms with Crippen molar-refractivity contribution in [2.75, 3.05) is 26.7 Å². The Hall–Kier alpha value is -1.14. The van der Waals surface area contributed by atoms with Crippen molar-refractivity contribution in [3.8, 4) is 0 Å². The Balaban J connectivity index is 2.25. The zero-order valence-electron chi connectivity index (χ0n) is 10.2. The van der Waals surface area contributed by atoms with Crippen LogP contribution in [0, 0.1) is 0 Å². The molecule has 3 N–H and O–H groups in total. The first kappa shape index (κ1) is 13.9. The lowest BCUT2D eigenvalue weighted by molar-refractivity contribution is -0.120. The third-order valence-corrected chi connectivity index (χ3v) is 3.08. The van der Waals surface area contributed by atoms with E-state index in [9.17, 15) is 9.59 Å². The van der Waals surface area contributed by atoms with Crippen molar-refractivity contribution in [1.29, 1.82) is 0 Å². The highest BCUT2D eigenvalue weighted by Gasteiger charge is 2.24. The maximum atomic E-state index is 11.4. The van der Waals surface area contributed by atoms with E-state index >= 15 is 0 Å². The second-order valence-electron chi connectivity index (χ2n) is 4.22. The van der Waals surface area contributed by atoms with E-state index in [-0.39, 0.29) is 18.9 Å². The van der Waals surface area contributed by atoms with E-state index in [1.807, 2.05) is 0 Å². The fraction of sp³-hybridized carbons (Fsp3) is 0.818. The number of aliphatic hydroxyl groups is 1. The standard InChI is InChI=1S/C11H21N3O3/c1-12-11(17)13-10(16)5-6-14(7-8-15)9-3-2-4-9/h9,15H,2-8H2,1H3,(H2,12,13,16,17). The molecule has 0 aliphatic heterocycles. The molecule has 0 saturated heterocycles. The van der Waals surface area contributed by atoms with Crippen molar-refractivity contribution in [2.45, 2.75) is 31.7 Å². The molecule has 1 aliphatic carbocycles. The van der Waals surface area contributed by atoms with E-state index in [1.54, 1.807) is 0 Å². The van der Waals surface area contributed by atoms with E-state index in [0.29, 0.717) is 19.1 Å². The van der Waals surface area contributed by atoms with Crippen molar-refractivity contribution in [3.05, 3.63) is 0 Å². The molecule has 1 fully saturated rings. The molecule has 17 heavy (non-hydrogen) atoms. The highest BCUT2D eigenvalue weighted by atomic mass is 16.3. The molecule has 0 aromatic heterocycles. The average molecular weight is 243 g/mol. The van der Waals surface area contributed by atoms with Gasteiger partial charge in [-0.2, -0.15) is 0 Å². The average Bonchev–Trinajstić information content (AvgIpc) is 2.23. The van der Waals surface area contributed by atoms with Gasteiger partial charge in [0.25, 0.3) is 0 Å². The summed E-state index contributed by atoms with van der Waals surface area (Å²) in [6.07, 6.45) is 3.77. The second kappa shape index (κ2) is 7.24. The summed E-state index contributed by atoms with van der Waals surface area (Å²) in [5.74, 6) is -0.286. The lowest BCUT2D eigenvalue weighted by Gasteiger charge is -2.37. The summed E-state index contributed by atoms with van der Waals surface area (Å²) in [6.45, 7) is 1.29. The first-order chi connectivity index (χ1) is 8.17. The largest absolute Gasteiger partial charge is 0.395 e. The van der Waals surface area contributed by atoms with Crippen LogP contribution in [0.2, 0.25) is 0 Å². The smallest absolute Gasteiger partial charge is 0.321 e. The highest BCUT2D eigenvalue weighted by molar-refractivity contribution is 5.94. The minimum Gasteiger partial charge on any atom is -0.395 e. The van der Waals surface area contributed by atoms with Crippen LogP contribution in [0.1, 0.15) is 25.7 Å². The van der Waals surface area contributed by atoms with Crippen LogP contribution in [0.3, 0.4) is 0 Å². The number of imide groups is 1. The molecule has 0 aromatic carbocycles. The molecule has 0 bridgehead atoms. The Morgan fingerprint density at radius 3 is 2.53 bits per heavy atom. The maximum absolute atomic E-state index is 11.4. The lowest BCUT2D eigenvalue weighted by atomic mass is 9.91. The van der Waals surface area contributed by atoms with Crippen LogP contribution < -0.4 is 10.6 Å². The van der Waals surface area contributed by atoms with Gasteiger partial charge in [-0.05, 0) is 12.8 Å². The first-order valence-corrected chi connectivity index (χ1v) is 6.04. The minimum absolute atomic E-state index is 0.105. The summed E-state index contributed by atoms with van der Waals surface area (Å²) in [5.41, 5.74) is 0. The Labute approximate surface area is 101 Å². The van der Waals surface area contributed by atoms with Gasteiger partial charge < -0.3 is 10.4 Å². The zero-order chi connectivity index (χ0) is 12.7. The van der Waals surface area contributed by atoms with Gasteiger partial charge >= 0.3 is 6.03 Å².